The fraction of sp³-hybridized carbons (Fsp3) is 0.500. The van der Waals surface area contributed by atoms with E-state index in [4.69, 9.17) is 11.6 Å². The van der Waals surface area contributed by atoms with Crippen LogP contribution in [0.25, 0.3) is 5.78 Å². The molecule has 4 heterocycles. The Morgan fingerprint density at radius 2 is 2.00 bits per heavy atom. The molecule has 1 saturated heterocycles. The van der Waals surface area contributed by atoms with Crippen molar-refractivity contribution in [3.8, 4) is 0 Å². The highest BCUT2D eigenvalue weighted by Gasteiger charge is 2.33. The Kier molecular flexibility index (Phi) is 5.48. The van der Waals surface area contributed by atoms with Crippen LogP contribution in [0, 0.1) is 12.8 Å². The van der Waals surface area contributed by atoms with Crippen molar-refractivity contribution >= 4 is 17.4 Å². The number of hydrogen-bond acceptors (Lipinski definition) is 5. The monoisotopic (exact) mass is 420 g/mol. The van der Waals surface area contributed by atoms with Gasteiger partial charge < -0.3 is 0 Å². The van der Waals surface area contributed by atoms with E-state index in [2.05, 4.69) is 38.8 Å². The summed E-state index contributed by atoms with van der Waals surface area (Å²) in [6.45, 7) is 7.87. The molecule has 0 amide bonds. The SMILES string of the molecule is Cc1cc(C(C)N2CC[C@@H](C)C(c3cc(C(F)F)nc4ncnn34)C2)cc(Cl)n1. The maximum atomic E-state index is 13.4. The van der Waals surface area contributed by atoms with E-state index in [1.54, 1.807) is 4.52 Å². The zero-order chi connectivity index (χ0) is 20.7. The molecule has 0 aromatic carbocycles. The Balaban J connectivity index is 1.68. The van der Waals surface area contributed by atoms with Crippen molar-refractivity contribution in [2.24, 2.45) is 5.92 Å². The zero-order valence-electron chi connectivity index (χ0n) is 16.6. The molecular weight excluding hydrogens is 398 g/mol. The van der Waals surface area contributed by atoms with Crippen LogP contribution in [-0.2, 0) is 0 Å². The topological polar surface area (TPSA) is 59.2 Å². The fourth-order valence-electron chi connectivity index (χ4n) is 4.17. The number of halogens is 3. The summed E-state index contributed by atoms with van der Waals surface area (Å²) >= 11 is 6.15. The molecule has 1 fully saturated rings. The molecule has 29 heavy (non-hydrogen) atoms. The van der Waals surface area contributed by atoms with E-state index >= 15 is 0 Å². The van der Waals surface area contributed by atoms with Gasteiger partial charge in [0.05, 0.1) is 5.69 Å². The number of pyridine rings is 1. The quantitative estimate of drug-likeness (QED) is 0.577. The molecule has 3 aromatic rings. The molecule has 0 bridgehead atoms. The van der Waals surface area contributed by atoms with E-state index in [0.717, 1.165) is 36.5 Å². The first-order chi connectivity index (χ1) is 13.8. The van der Waals surface area contributed by atoms with Gasteiger partial charge in [0, 0.05) is 24.2 Å². The third kappa shape index (κ3) is 3.96. The first kappa shape index (κ1) is 20.1. The van der Waals surface area contributed by atoms with Crippen LogP contribution in [0.15, 0.2) is 24.5 Å². The first-order valence-electron chi connectivity index (χ1n) is 9.70. The number of aryl methyl sites for hydroxylation is 1. The minimum absolute atomic E-state index is 0.0364. The Hall–Kier alpha value is -2.19. The second-order valence-electron chi connectivity index (χ2n) is 7.79. The Labute approximate surface area is 172 Å². The van der Waals surface area contributed by atoms with E-state index < -0.39 is 6.43 Å². The lowest BCUT2D eigenvalue weighted by molar-refractivity contribution is 0.123. The zero-order valence-corrected chi connectivity index (χ0v) is 17.3. The molecular formula is C20H23ClF2N6. The largest absolute Gasteiger partial charge is 0.296 e. The molecule has 0 radical (unpaired) electrons. The molecule has 9 heteroatoms. The third-order valence-corrected chi connectivity index (χ3v) is 6.06. The highest BCUT2D eigenvalue weighted by molar-refractivity contribution is 6.29. The predicted molar refractivity (Wildman–Crippen MR) is 106 cm³/mol. The number of aromatic nitrogens is 5. The molecule has 1 aliphatic heterocycles. The normalized spacial score (nSPS) is 21.8. The molecule has 154 valence electrons. The highest BCUT2D eigenvalue weighted by Crippen LogP contribution is 2.37. The van der Waals surface area contributed by atoms with Crippen LogP contribution in [0.2, 0.25) is 5.15 Å². The van der Waals surface area contributed by atoms with Gasteiger partial charge in [-0.25, -0.2) is 23.3 Å². The average molecular weight is 421 g/mol. The summed E-state index contributed by atoms with van der Waals surface area (Å²) in [6.07, 6.45) is -0.335. The van der Waals surface area contributed by atoms with Crippen molar-refractivity contribution in [1.82, 2.24) is 29.5 Å². The maximum Gasteiger partial charge on any atom is 0.280 e. The molecule has 0 aliphatic carbocycles. The molecule has 6 nitrogen and oxygen atoms in total. The second kappa shape index (κ2) is 7.91. The summed E-state index contributed by atoms with van der Waals surface area (Å²) in [5.74, 6) is 0.572. The van der Waals surface area contributed by atoms with Crippen LogP contribution in [0.5, 0.6) is 0 Å². The molecule has 0 N–H and O–H groups in total. The Morgan fingerprint density at radius 3 is 2.72 bits per heavy atom. The van der Waals surface area contributed by atoms with E-state index in [0.29, 0.717) is 11.1 Å². The van der Waals surface area contributed by atoms with Crippen molar-refractivity contribution in [3.05, 3.63) is 52.3 Å². The lowest BCUT2D eigenvalue weighted by Crippen LogP contribution is -2.40. The van der Waals surface area contributed by atoms with Crippen molar-refractivity contribution in [2.45, 2.75) is 45.6 Å². The second-order valence-corrected chi connectivity index (χ2v) is 8.17. The van der Waals surface area contributed by atoms with Gasteiger partial charge in [-0.2, -0.15) is 10.1 Å². The van der Waals surface area contributed by atoms with Gasteiger partial charge in [0.25, 0.3) is 12.2 Å². The highest BCUT2D eigenvalue weighted by atomic mass is 35.5. The minimum atomic E-state index is -2.65. The van der Waals surface area contributed by atoms with E-state index in [9.17, 15) is 8.78 Å². The number of piperidine rings is 1. The van der Waals surface area contributed by atoms with E-state index in [1.165, 1.54) is 12.4 Å². The number of nitrogens with zero attached hydrogens (tertiary/aromatic N) is 6. The van der Waals surface area contributed by atoms with Gasteiger partial charge in [0.1, 0.15) is 17.2 Å². The average Bonchev–Trinajstić information content (AvgIpc) is 3.15. The van der Waals surface area contributed by atoms with Gasteiger partial charge in [-0.05, 0) is 56.5 Å². The summed E-state index contributed by atoms with van der Waals surface area (Å²) in [5, 5.41) is 4.71. The van der Waals surface area contributed by atoms with Gasteiger partial charge in [-0.15, -0.1) is 0 Å². The fourth-order valence-corrected chi connectivity index (χ4v) is 4.43. The van der Waals surface area contributed by atoms with Crippen molar-refractivity contribution in [3.63, 3.8) is 0 Å². The summed E-state index contributed by atoms with van der Waals surface area (Å²) in [4.78, 5) is 14.6. The maximum absolute atomic E-state index is 13.4. The van der Waals surface area contributed by atoms with Crippen LogP contribution < -0.4 is 0 Å². The van der Waals surface area contributed by atoms with Crippen LogP contribution in [0.1, 0.15) is 61.3 Å². The Morgan fingerprint density at radius 1 is 1.21 bits per heavy atom. The van der Waals surface area contributed by atoms with E-state index in [1.807, 2.05) is 19.1 Å². The number of hydrogen-bond donors (Lipinski definition) is 0. The summed E-state index contributed by atoms with van der Waals surface area (Å²) in [7, 11) is 0. The number of fused-ring (bicyclic) bond motifs is 1. The minimum Gasteiger partial charge on any atom is -0.296 e. The lowest BCUT2D eigenvalue weighted by atomic mass is 9.83. The molecule has 4 rings (SSSR count). The van der Waals surface area contributed by atoms with Gasteiger partial charge in [0.15, 0.2) is 0 Å². The van der Waals surface area contributed by atoms with Gasteiger partial charge in [-0.3, -0.25) is 4.90 Å². The first-order valence-corrected chi connectivity index (χ1v) is 10.1. The number of rotatable bonds is 4. The smallest absolute Gasteiger partial charge is 0.280 e. The van der Waals surface area contributed by atoms with Crippen molar-refractivity contribution < 1.29 is 8.78 Å². The van der Waals surface area contributed by atoms with Crippen LogP contribution in [-0.4, -0.2) is 42.6 Å². The number of likely N-dealkylation sites (tertiary alicyclic amines) is 1. The Bertz CT molecular complexity index is 1000. The number of alkyl halides is 2. The molecule has 2 unspecified atom stereocenters. The lowest BCUT2D eigenvalue weighted by Gasteiger charge is -2.40. The van der Waals surface area contributed by atoms with Crippen molar-refractivity contribution in [2.75, 3.05) is 13.1 Å². The van der Waals surface area contributed by atoms with Gasteiger partial charge >= 0.3 is 0 Å². The molecule has 3 aromatic heterocycles. The van der Waals surface area contributed by atoms with Crippen LogP contribution in [0.4, 0.5) is 8.78 Å². The van der Waals surface area contributed by atoms with Gasteiger partial charge in [0.2, 0.25) is 0 Å². The van der Waals surface area contributed by atoms with E-state index in [-0.39, 0.29) is 23.4 Å². The third-order valence-electron chi connectivity index (χ3n) is 5.87. The molecule has 0 saturated carbocycles. The van der Waals surface area contributed by atoms with Gasteiger partial charge in [-0.1, -0.05) is 18.5 Å². The molecule has 1 aliphatic rings. The predicted octanol–water partition coefficient (Wildman–Crippen LogP) is 4.61. The van der Waals surface area contributed by atoms with Crippen LogP contribution >= 0.6 is 11.6 Å². The summed E-state index contributed by atoms with van der Waals surface area (Å²) < 4.78 is 28.4. The summed E-state index contributed by atoms with van der Waals surface area (Å²) in [5.41, 5.74) is 2.46. The van der Waals surface area contributed by atoms with Crippen LogP contribution in [0.3, 0.4) is 0 Å². The molecule has 3 atom stereocenters. The molecule has 0 spiro atoms. The summed E-state index contributed by atoms with van der Waals surface area (Å²) in [6, 6.07) is 5.55. The standard InChI is InChI=1S/C20H23ClF2N6/c1-11-4-5-28(13(3)14-6-12(2)26-18(21)7-14)9-15(11)17-8-16(19(22)23)27-20-24-10-25-29(17)20/h6-8,10-11,13,15,19H,4-5,9H2,1-3H3/t11-,13?,15?/m1/s1. The van der Waals surface area contributed by atoms with Crippen molar-refractivity contribution in [1.29, 1.82) is 0 Å².